The minimum atomic E-state index is -4.56. The van der Waals surface area contributed by atoms with Crippen LogP contribution in [-0.2, 0) is 4.57 Å². The van der Waals surface area contributed by atoms with Crippen LogP contribution in [0.5, 0.6) is 0 Å². The SMILES string of the molecule is CC(C)C(C)P(=O)([O-])F. The summed E-state index contributed by atoms with van der Waals surface area (Å²) in [5.74, 6) is -0.140. The maximum atomic E-state index is 12.0. The molecule has 0 bridgehead atoms. The summed E-state index contributed by atoms with van der Waals surface area (Å²) in [5.41, 5.74) is -0.850. The van der Waals surface area contributed by atoms with Gasteiger partial charge < -0.3 is 9.46 Å². The van der Waals surface area contributed by atoms with E-state index in [0.29, 0.717) is 0 Å². The molecule has 9 heavy (non-hydrogen) atoms. The van der Waals surface area contributed by atoms with Gasteiger partial charge in [-0.3, -0.25) is 0 Å². The van der Waals surface area contributed by atoms with E-state index in [9.17, 15) is 13.7 Å². The minimum absolute atomic E-state index is 0.140. The summed E-state index contributed by atoms with van der Waals surface area (Å²) in [6, 6.07) is 0. The van der Waals surface area contributed by atoms with E-state index in [4.69, 9.17) is 0 Å². The van der Waals surface area contributed by atoms with Gasteiger partial charge in [0.25, 0.3) is 0 Å². The Morgan fingerprint density at radius 1 is 1.44 bits per heavy atom. The molecule has 0 saturated carbocycles. The van der Waals surface area contributed by atoms with Crippen LogP contribution in [0.1, 0.15) is 20.8 Å². The number of halogens is 1. The Hall–Kier alpha value is 0.120. The van der Waals surface area contributed by atoms with Crippen molar-refractivity contribution >= 4 is 7.68 Å². The van der Waals surface area contributed by atoms with Crippen LogP contribution in [0.3, 0.4) is 0 Å². The first-order chi connectivity index (χ1) is 3.85. The molecule has 2 unspecified atom stereocenters. The third-order valence-corrected chi connectivity index (χ3v) is 3.02. The first-order valence-corrected chi connectivity index (χ1v) is 4.44. The Morgan fingerprint density at radius 3 is 1.78 bits per heavy atom. The van der Waals surface area contributed by atoms with Crippen LogP contribution in [0.25, 0.3) is 0 Å². The lowest BCUT2D eigenvalue weighted by Crippen LogP contribution is -2.16. The summed E-state index contributed by atoms with van der Waals surface area (Å²) in [7, 11) is -4.56. The molecular weight excluding hydrogens is 142 g/mol. The smallest absolute Gasteiger partial charge is 0.184 e. The number of rotatable bonds is 2. The fourth-order valence-corrected chi connectivity index (χ4v) is 1.07. The maximum absolute atomic E-state index is 12.0. The molecule has 0 aliphatic rings. The van der Waals surface area contributed by atoms with Gasteiger partial charge in [-0.15, -0.1) is 0 Å². The summed E-state index contributed by atoms with van der Waals surface area (Å²) in [4.78, 5) is 10.1. The molecule has 0 aliphatic carbocycles. The molecule has 0 aromatic heterocycles. The normalized spacial score (nSPS) is 21.6. The third-order valence-electron chi connectivity index (χ3n) is 1.45. The van der Waals surface area contributed by atoms with Crippen LogP contribution >= 0.6 is 7.68 Å². The Kier molecular flexibility index (Phi) is 2.84. The van der Waals surface area contributed by atoms with Crippen molar-refractivity contribution in [1.82, 2.24) is 0 Å². The first-order valence-electron chi connectivity index (χ1n) is 2.86. The van der Waals surface area contributed by atoms with Crippen LogP contribution in [-0.4, -0.2) is 5.66 Å². The summed E-state index contributed by atoms with van der Waals surface area (Å²) in [6.07, 6.45) is 0. The minimum Gasteiger partial charge on any atom is -0.775 e. The Bertz CT molecular complexity index is 129. The fourth-order valence-electron chi connectivity index (χ4n) is 0.356. The van der Waals surface area contributed by atoms with Gasteiger partial charge in [0.2, 0.25) is 0 Å². The monoisotopic (exact) mass is 153 g/mol. The molecule has 0 aliphatic heterocycles. The zero-order valence-electron chi connectivity index (χ0n) is 5.80. The predicted octanol–water partition coefficient (Wildman–Crippen LogP) is 1.55. The standard InChI is InChI=1S/C5H12FO2P/c1-4(2)5(3)9(6,7)8/h4-5H,1-3H3,(H,7,8)/p-1. The average Bonchev–Trinajstić information content (AvgIpc) is 1.62. The summed E-state index contributed by atoms with van der Waals surface area (Å²) in [6.45, 7) is 4.72. The lowest BCUT2D eigenvalue weighted by Gasteiger charge is -2.23. The third kappa shape index (κ3) is 2.97. The molecule has 0 rings (SSSR count). The van der Waals surface area contributed by atoms with Crippen LogP contribution in [0, 0.1) is 5.92 Å². The lowest BCUT2D eigenvalue weighted by atomic mass is 10.2. The molecule has 0 aromatic carbocycles. The number of hydrogen-bond donors (Lipinski definition) is 0. The summed E-state index contributed by atoms with van der Waals surface area (Å²) >= 11 is 0. The number of hydrogen-bond acceptors (Lipinski definition) is 2. The van der Waals surface area contributed by atoms with Crippen molar-refractivity contribution in [3.8, 4) is 0 Å². The fraction of sp³-hybridized carbons (Fsp3) is 1.00. The van der Waals surface area contributed by atoms with Crippen molar-refractivity contribution in [2.24, 2.45) is 5.92 Å². The van der Waals surface area contributed by atoms with Gasteiger partial charge in [0.1, 0.15) is 0 Å². The second-order valence-corrected chi connectivity index (χ2v) is 4.36. The van der Waals surface area contributed by atoms with Crippen molar-refractivity contribution in [2.75, 3.05) is 0 Å². The highest BCUT2D eigenvalue weighted by Gasteiger charge is 2.19. The molecule has 0 radical (unpaired) electrons. The van der Waals surface area contributed by atoms with E-state index in [0.717, 1.165) is 0 Å². The van der Waals surface area contributed by atoms with Gasteiger partial charge in [0.05, 0.1) is 0 Å². The van der Waals surface area contributed by atoms with Gasteiger partial charge in [-0.05, 0) is 5.92 Å². The van der Waals surface area contributed by atoms with Crippen LogP contribution in [0.2, 0.25) is 0 Å². The molecule has 56 valence electrons. The van der Waals surface area contributed by atoms with Crippen molar-refractivity contribution < 1.29 is 13.7 Å². The molecule has 2 atom stereocenters. The van der Waals surface area contributed by atoms with E-state index in [-0.39, 0.29) is 5.92 Å². The highest BCUT2D eigenvalue weighted by molar-refractivity contribution is 7.51. The Balaban J connectivity index is 4.05. The summed E-state index contributed by atoms with van der Waals surface area (Å²) < 4.78 is 22.2. The molecular formula is C5H11FO2P-. The van der Waals surface area contributed by atoms with Gasteiger partial charge >= 0.3 is 0 Å². The maximum Gasteiger partial charge on any atom is 0.184 e. The van der Waals surface area contributed by atoms with E-state index in [1.807, 2.05) is 0 Å². The largest absolute Gasteiger partial charge is 0.775 e. The van der Waals surface area contributed by atoms with Crippen LogP contribution in [0.15, 0.2) is 0 Å². The van der Waals surface area contributed by atoms with E-state index >= 15 is 0 Å². The second kappa shape index (κ2) is 2.80. The molecule has 2 nitrogen and oxygen atoms in total. The molecule has 0 heterocycles. The van der Waals surface area contributed by atoms with Gasteiger partial charge in [-0.25, -0.2) is 4.20 Å². The van der Waals surface area contributed by atoms with E-state index in [2.05, 4.69) is 0 Å². The second-order valence-electron chi connectivity index (χ2n) is 2.51. The van der Waals surface area contributed by atoms with Crippen LogP contribution < -0.4 is 4.89 Å². The molecule has 4 heteroatoms. The average molecular weight is 153 g/mol. The molecule has 0 spiro atoms. The molecule has 0 aromatic rings. The predicted molar refractivity (Wildman–Crippen MR) is 33.0 cm³/mol. The van der Waals surface area contributed by atoms with Crippen LogP contribution in [0.4, 0.5) is 4.20 Å². The van der Waals surface area contributed by atoms with E-state index in [1.54, 1.807) is 13.8 Å². The van der Waals surface area contributed by atoms with E-state index in [1.165, 1.54) is 6.92 Å². The molecule has 0 N–H and O–H groups in total. The van der Waals surface area contributed by atoms with Gasteiger partial charge in [-0.2, -0.15) is 0 Å². The van der Waals surface area contributed by atoms with Gasteiger partial charge in [-0.1, -0.05) is 20.8 Å². The molecule has 0 amide bonds. The lowest BCUT2D eigenvalue weighted by molar-refractivity contribution is -0.189. The van der Waals surface area contributed by atoms with Gasteiger partial charge in [0, 0.05) is 5.66 Å². The summed E-state index contributed by atoms with van der Waals surface area (Å²) in [5, 5.41) is 0. The van der Waals surface area contributed by atoms with Crippen molar-refractivity contribution in [2.45, 2.75) is 26.4 Å². The Labute approximate surface area is 54.7 Å². The van der Waals surface area contributed by atoms with Crippen molar-refractivity contribution in [3.63, 3.8) is 0 Å². The van der Waals surface area contributed by atoms with Gasteiger partial charge in [0.15, 0.2) is 7.68 Å². The van der Waals surface area contributed by atoms with E-state index < -0.39 is 13.3 Å². The first kappa shape index (κ1) is 9.12. The Morgan fingerprint density at radius 2 is 1.78 bits per heavy atom. The highest BCUT2D eigenvalue weighted by Crippen LogP contribution is 2.45. The quantitative estimate of drug-likeness (QED) is 0.564. The topological polar surface area (TPSA) is 40.1 Å². The highest BCUT2D eigenvalue weighted by atomic mass is 31.2. The zero-order chi connectivity index (χ0) is 7.65. The molecule has 0 fully saturated rings. The molecule has 0 saturated heterocycles. The zero-order valence-corrected chi connectivity index (χ0v) is 6.69. The van der Waals surface area contributed by atoms with Crippen molar-refractivity contribution in [1.29, 1.82) is 0 Å². The van der Waals surface area contributed by atoms with Crippen molar-refractivity contribution in [3.05, 3.63) is 0 Å².